The van der Waals surface area contributed by atoms with Gasteiger partial charge in [-0.05, 0) is 48.9 Å². The summed E-state index contributed by atoms with van der Waals surface area (Å²) >= 11 is 0. The van der Waals surface area contributed by atoms with Crippen molar-refractivity contribution in [1.82, 2.24) is 3.97 Å². The van der Waals surface area contributed by atoms with Crippen LogP contribution in [0.5, 0.6) is 0 Å². The lowest BCUT2D eigenvalue weighted by atomic mass is 10.1. The fourth-order valence-corrected chi connectivity index (χ4v) is 3.92. The summed E-state index contributed by atoms with van der Waals surface area (Å²) in [7, 11) is -3.66. The molecule has 1 heterocycles. The van der Waals surface area contributed by atoms with Crippen molar-refractivity contribution in [3.8, 4) is 0 Å². The largest absolute Gasteiger partial charge is 0.399 e. The summed E-state index contributed by atoms with van der Waals surface area (Å²) in [5, 5.41) is 0.909. The van der Waals surface area contributed by atoms with Gasteiger partial charge < -0.3 is 11.5 Å². The van der Waals surface area contributed by atoms with Crippen LogP contribution in [-0.2, 0) is 16.4 Å². The number of hydrogen-bond acceptors (Lipinski definition) is 4. The zero-order valence-corrected chi connectivity index (χ0v) is 12.8. The molecule has 4 N–H and O–H groups in total. The van der Waals surface area contributed by atoms with Crippen molar-refractivity contribution in [1.29, 1.82) is 0 Å². The van der Waals surface area contributed by atoms with E-state index in [1.807, 2.05) is 18.2 Å². The topological polar surface area (TPSA) is 91.1 Å². The van der Waals surface area contributed by atoms with Gasteiger partial charge >= 0.3 is 0 Å². The van der Waals surface area contributed by atoms with Gasteiger partial charge in [0.2, 0.25) is 0 Å². The summed E-state index contributed by atoms with van der Waals surface area (Å²) in [5.74, 6) is 0. The fourth-order valence-electron chi connectivity index (χ4n) is 2.52. The summed E-state index contributed by atoms with van der Waals surface area (Å²) in [6, 6.07) is 13.6. The molecule has 0 spiro atoms. The monoisotopic (exact) mass is 315 g/mol. The van der Waals surface area contributed by atoms with E-state index in [1.165, 1.54) is 16.1 Å². The molecule has 114 valence electrons. The Bertz CT molecular complexity index is 912. The van der Waals surface area contributed by atoms with E-state index in [0.717, 1.165) is 10.9 Å². The Hall–Kier alpha value is -2.31. The van der Waals surface area contributed by atoms with E-state index in [-0.39, 0.29) is 4.90 Å². The Morgan fingerprint density at radius 2 is 1.68 bits per heavy atom. The lowest BCUT2D eigenvalue weighted by Gasteiger charge is -2.07. The second-order valence-electron chi connectivity index (χ2n) is 5.08. The average Bonchev–Trinajstić information content (AvgIpc) is 2.88. The van der Waals surface area contributed by atoms with Crippen molar-refractivity contribution in [3.63, 3.8) is 0 Å². The maximum Gasteiger partial charge on any atom is 0.268 e. The van der Waals surface area contributed by atoms with Gasteiger partial charge in [-0.2, -0.15) is 0 Å². The molecule has 0 saturated carbocycles. The smallest absolute Gasteiger partial charge is 0.268 e. The number of para-hydroxylation sites is 1. The van der Waals surface area contributed by atoms with E-state index in [1.54, 1.807) is 24.4 Å². The number of aromatic nitrogens is 1. The van der Waals surface area contributed by atoms with Crippen LogP contribution in [0.15, 0.2) is 59.6 Å². The fraction of sp³-hybridized carbons (Fsp3) is 0.125. The molecule has 0 amide bonds. The van der Waals surface area contributed by atoms with Gasteiger partial charge in [-0.1, -0.05) is 18.2 Å². The van der Waals surface area contributed by atoms with Crippen LogP contribution < -0.4 is 11.5 Å². The van der Waals surface area contributed by atoms with Gasteiger partial charge in [0.25, 0.3) is 10.0 Å². The highest BCUT2D eigenvalue weighted by Crippen LogP contribution is 2.26. The van der Waals surface area contributed by atoms with E-state index in [0.29, 0.717) is 24.2 Å². The minimum atomic E-state index is -3.66. The van der Waals surface area contributed by atoms with Gasteiger partial charge in [0.15, 0.2) is 0 Å². The third kappa shape index (κ3) is 2.36. The lowest BCUT2D eigenvalue weighted by molar-refractivity contribution is 0.589. The van der Waals surface area contributed by atoms with Crippen molar-refractivity contribution in [2.75, 3.05) is 12.3 Å². The highest BCUT2D eigenvalue weighted by Gasteiger charge is 2.20. The Labute approximate surface area is 129 Å². The molecule has 5 nitrogen and oxygen atoms in total. The summed E-state index contributed by atoms with van der Waals surface area (Å²) in [4.78, 5) is 0.210. The first kappa shape index (κ1) is 14.6. The predicted molar refractivity (Wildman–Crippen MR) is 88.1 cm³/mol. The SMILES string of the molecule is NCCc1cn(S(=O)(=O)c2ccc(N)cc2)c2ccccc12. The Balaban J connectivity index is 2.23. The summed E-state index contributed by atoms with van der Waals surface area (Å²) in [6.07, 6.45) is 2.29. The van der Waals surface area contributed by atoms with Crippen LogP contribution in [-0.4, -0.2) is 18.9 Å². The molecule has 0 unspecified atom stereocenters. The second kappa shape index (κ2) is 5.47. The second-order valence-corrected chi connectivity index (χ2v) is 6.89. The van der Waals surface area contributed by atoms with E-state index in [9.17, 15) is 8.42 Å². The Morgan fingerprint density at radius 3 is 2.36 bits per heavy atom. The van der Waals surface area contributed by atoms with E-state index < -0.39 is 10.0 Å². The van der Waals surface area contributed by atoms with Gasteiger partial charge in [-0.15, -0.1) is 0 Å². The number of rotatable bonds is 4. The molecule has 22 heavy (non-hydrogen) atoms. The standard InChI is InChI=1S/C16H17N3O2S/c17-10-9-12-11-19(16-4-2-1-3-15(12)16)22(20,21)14-7-5-13(18)6-8-14/h1-8,11H,9-10,17-18H2. The van der Waals surface area contributed by atoms with Crippen LogP contribution in [0.3, 0.4) is 0 Å². The normalized spacial score (nSPS) is 11.9. The number of nitrogen functional groups attached to an aromatic ring is 1. The Kier molecular flexibility index (Phi) is 3.64. The first-order valence-corrected chi connectivity index (χ1v) is 8.38. The van der Waals surface area contributed by atoms with Gasteiger partial charge in [0.05, 0.1) is 10.4 Å². The molecular weight excluding hydrogens is 298 g/mol. The Morgan fingerprint density at radius 1 is 1.00 bits per heavy atom. The highest BCUT2D eigenvalue weighted by atomic mass is 32.2. The molecule has 0 atom stereocenters. The van der Waals surface area contributed by atoms with E-state index in [2.05, 4.69) is 0 Å². The molecule has 1 aromatic heterocycles. The first-order valence-electron chi connectivity index (χ1n) is 6.94. The number of anilines is 1. The zero-order valence-electron chi connectivity index (χ0n) is 11.9. The van der Waals surface area contributed by atoms with Gasteiger partial charge in [0, 0.05) is 17.3 Å². The van der Waals surface area contributed by atoms with Crippen molar-refractivity contribution in [2.24, 2.45) is 5.73 Å². The molecule has 3 rings (SSSR count). The molecule has 0 aliphatic carbocycles. The minimum absolute atomic E-state index is 0.210. The highest BCUT2D eigenvalue weighted by molar-refractivity contribution is 7.90. The number of fused-ring (bicyclic) bond motifs is 1. The molecule has 0 fully saturated rings. The lowest BCUT2D eigenvalue weighted by Crippen LogP contribution is -2.12. The molecule has 2 aromatic carbocycles. The number of nitrogens with two attached hydrogens (primary N) is 2. The minimum Gasteiger partial charge on any atom is -0.399 e. The van der Waals surface area contributed by atoms with Gasteiger partial charge in [-0.3, -0.25) is 0 Å². The molecule has 0 bridgehead atoms. The van der Waals surface area contributed by atoms with E-state index >= 15 is 0 Å². The third-order valence-electron chi connectivity index (χ3n) is 3.61. The van der Waals surface area contributed by atoms with Crippen LogP contribution >= 0.6 is 0 Å². The zero-order chi connectivity index (χ0) is 15.7. The maximum atomic E-state index is 12.9. The van der Waals surface area contributed by atoms with Crippen LogP contribution in [0.1, 0.15) is 5.56 Å². The van der Waals surface area contributed by atoms with Gasteiger partial charge in [-0.25, -0.2) is 12.4 Å². The van der Waals surface area contributed by atoms with E-state index in [4.69, 9.17) is 11.5 Å². The summed E-state index contributed by atoms with van der Waals surface area (Å²) in [6.45, 7) is 0.468. The van der Waals surface area contributed by atoms with Crippen molar-refractivity contribution < 1.29 is 8.42 Å². The number of nitrogens with zero attached hydrogens (tertiary/aromatic N) is 1. The predicted octanol–water partition coefficient (Wildman–Crippen LogP) is 1.96. The summed E-state index contributed by atoms with van der Waals surface area (Å²) < 4.78 is 27.1. The van der Waals surface area contributed by atoms with Crippen molar-refractivity contribution in [2.45, 2.75) is 11.3 Å². The van der Waals surface area contributed by atoms with Crippen molar-refractivity contribution >= 4 is 26.6 Å². The van der Waals surface area contributed by atoms with Crippen LogP contribution in [0.2, 0.25) is 0 Å². The van der Waals surface area contributed by atoms with Gasteiger partial charge in [0.1, 0.15) is 0 Å². The maximum absolute atomic E-state index is 12.9. The number of hydrogen-bond donors (Lipinski definition) is 2. The summed E-state index contributed by atoms with van der Waals surface area (Å²) in [5.41, 5.74) is 13.4. The van der Waals surface area contributed by atoms with Crippen molar-refractivity contribution in [3.05, 3.63) is 60.3 Å². The molecule has 0 radical (unpaired) electrons. The number of benzene rings is 2. The quantitative estimate of drug-likeness (QED) is 0.720. The van der Waals surface area contributed by atoms with Crippen LogP contribution in [0.25, 0.3) is 10.9 Å². The molecule has 0 saturated heterocycles. The molecule has 6 heteroatoms. The average molecular weight is 315 g/mol. The third-order valence-corrected chi connectivity index (χ3v) is 5.30. The molecule has 0 aliphatic heterocycles. The van der Waals surface area contributed by atoms with Crippen LogP contribution in [0.4, 0.5) is 5.69 Å². The molecule has 0 aliphatic rings. The van der Waals surface area contributed by atoms with Crippen LogP contribution in [0, 0.1) is 0 Å². The molecule has 3 aromatic rings. The molecular formula is C16H17N3O2S. The first-order chi connectivity index (χ1) is 10.5.